The van der Waals surface area contributed by atoms with E-state index in [4.69, 9.17) is 27.4 Å². The maximum Gasteiger partial charge on any atom is 0.337 e. The van der Waals surface area contributed by atoms with Crippen LogP contribution >= 0.6 is 12.2 Å². The van der Waals surface area contributed by atoms with Crippen LogP contribution in [0.1, 0.15) is 26.3 Å². The molecule has 0 saturated heterocycles. The van der Waals surface area contributed by atoms with Crippen molar-refractivity contribution < 1.29 is 27.5 Å². The van der Waals surface area contributed by atoms with Crippen molar-refractivity contribution in [2.75, 3.05) is 24.3 Å². The van der Waals surface area contributed by atoms with E-state index in [-0.39, 0.29) is 32.4 Å². The fourth-order valence-corrected chi connectivity index (χ4v) is 4.14. The monoisotopic (exact) mass is 499 g/mol. The number of thiocarbonyl (C=S) groups is 1. The van der Waals surface area contributed by atoms with Gasteiger partial charge in [-0.05, 0) is 54.6 Å². The van der Waals surface area contributed by atoms with Crippen LogP contribution in [0.2, 0.25) is 0 Å². The van der Waals surface area contributed by atoms with Gasteiger partial charge in [0.25, 0.3) is 15.9 Å². The minimum atomic E-state index is -4.02. The second-order valence-electron chi connectivity index (χ2n) is 6.93. The zero-order valence-electron chi connectivity index (χ0n) is 18.2. The Hall–Kier alpha value is -3.96. The highest BCUT2D eigenvalue weighted by Gasteiger charge is 2.19. The molecule has 4 N–H and O–H groups in total. The molecule has 3 aromatic carbocycles. The van der Waals surface area contributed by atoms with Gasteiger partial charge in [0.05, 0.1) is 36.1 Å². The molecule has 11 heteroatoms. The molecule has 0 spiro atoms. The van der Waals surface area contributed by atoms with Crippen molar-refractivity contribution >= 4 is 50.5 Å². The normalized spacial score (nSPS) is 10.8. The van der Waals surface area contributed by atoms with Crippen molar-refractivity contribution in [3.63, 3.8) is 0 Å². The van der Waals surface area contributed by atoms with Crippen LogP contribution < -0.4 is 20.5 Å². The molecule has 0 aliphatic heterocycles. The van der Waals surface area contributed by atoms with Gasteiger partial charge in [0.1, 0.15) is 10.7 Å². The highest BCUT2D eigenvalue weighted by molar-refractivity contribution is 7.92. The summed E-state index contributed by atoms with van der Waals surface area (Å²) >= 11 is 4.91. The molecule has 9 nitrogen and oxygen atoms in total. The van der Waals surface area contributed by atoms with Gasteiger partial charge in [0.2, 0.25) is 0 Å². The van der Waals surface area contributed by atoms with E-state index in [1.54, 1.807) is 12.1 Å². The first kappa shape index (κ1) is 24.7. The molecule has 0 saturated carbocycles. The maximum atomic E-state index is 12.9. The fourth-order valence-electron chi connectivity index (χ4n) is 2.92. The van der Waals surface area contributed by atoms with Gasteiger partial charge >= 0.3 is 5.97 Å². The summed E-state index contributed by atoms with van der Waals surface area (Å²) in [5, 5.41) is 2.63. The van der Waals surface area contributed by atoms with Crippen molar-refractivity contribution in [2.24, 2.45) is 5.73 Å². The van der Waals surface area contributed by atoms with Gasteiger partial charge in [0, 0.05) is 11.1 Å². The van der Waals surface area contributed by atoms with Crippen LogP contribution in [0.3, 0.4) is 0 Å². The van der Waals surface area contributed by atoms with E-state index in [9.17, 15) is 18.0 Å². The van der Waals surface area contributed by atoms with E-state index in [0.717, 1.165) is 0 Å². The molecule has 1 amide bonds. The molecular weight excluding hydrogens is 478 g/mol. The fraction of sp³-hybridized carbons (Fsp3) is 0.0870. The molecule has 34 heavy (non-hydrogen) atoms. The number of benzene rings is 3. The summed E-state index contributed by atoms with van der Waals surface area (Å²) in [5.74, 6) is -0.696. The van der Waals surface area contributed by atoms with Crippen LogP contribution in [0.15, 0.2) is 71.6 Å². The van der Waals surface area contributed by atoms with E-state index in [1.165, 1.54) is 68.8 Å². The Morgan fingerprint density at radius 3 is 2.00 bits per heavy atom. The lowest BCUT2D eigenvalue weighted by Gasteiger charge is -2.15. The van der Waals surface area contributed by atoms with Crippen molar-refractivity contribution in [3.8, 4) is 5.75 Å². The van der Waals surface area contributed by atoms with Crippen LogP contribution in [0, 0.1) is 0 Å². The zero-order chi connectivity index (χ0) is 24.9. The number of amides is 1. The highest BCUT2D eigenvalue weighted by atomic mass is 32.2. The molecule has 0 aromatic heterocycles. The van der Waals surface area contributed by atoms with Crippen LogP contribution in [0.5, 0.6) is 5.75 Å². The van der Waals surface area contributed by atoms with Gasteiger partial charge in [-0.2, -0.15) is 0 Å². The van der Waals surface area contributed by atoms with Gasteiger partial charge in [-0.25, -0.2) is 13.2 Å². The third-order valence-electron chi connectivity index (χ3n) is 4.73. The molecule has 0 atom stereocenters. The first-order valence-electron chi connectivity index (χ1n) is 9.75. The number of hydrogen-bond acceptors (Lipinski definition) is 7. The van der Waals surface area contributed by atoms with E-state index in [1.807, 2.05) is 0 Å². The number of sulfonamides is 1. The Morgan fingerprint density at radius 2 is 1.44 bits per heavy atom. The summed E-state index contributed by atoms with van der Waals surface area (Å²) in [6.45, 7) is 0. The molecule has 3 aromatic rings. The second kappa shape index (κ2) is 10.3. The molecule has 176 valence electrons. The third kappa shape index (κ3) is 5.69. The molecule has 0 fully saturated rings. The molecule has 0 aliphatic rings. The third-order valence-corrected chi connectivity index (χ3v) is 6.35. The van der Waals surface area contributed by atoms with Gasteiger partial charge in [-0.1, -0.05) is 24.4 Å². The SMILES string of the molecule is COC(=O)c1ccc(NS(=O)(=O)c2ccc(OC)cc2)c(NC(=O)c2ccc(C(N)=S)cc2)c1. The lowest BCUT2D eigenvalue weighted by Crippen LogP contribution is -2.18. The first-order chi connectivity index (χ1) is 16.1. The Kier molecular flexibility index (Phi) is 7.49. The first-order valence-corrected chi connectivity index (χ1v) is 11.6. The number of anilines is 2. The largest absolute Gasteiger partial charge is 0.497 e. The molecular formula is C23H21N3O6S2. The number of carbonyl (C=O) groups excluding carboxylic acids is 2. The number of methoxy groups -OCH3 is 2. The molecule has 0 radical (unpaired) electrons. The van der Waals surface area contributed by atoms with Crippen molar-refractivity contribution in [3.05, 3.63) is 83.4 Å². The van der Waals surface area contributed by atoms with Crippen LogP contribution in [-0.2, 0) is 14.8 Å². The predicted molar refractivity (Wildman–Crippen MR) is 132 cm³/mol. The van der Waals surface area contributed by atoms with Crippen molar-refractivity contribution in [1.82, 2.24) is 0 Å². The summed E-state index contributed by atoms with van der Waals surface area (Å²) in [5.41, 5.74) is 6.67. The number of ether oxygens (including phenoxy) is 2. The maximum absolute atomic E-state index is 12.9. The highest BCUT2D eigenvalue weighted by Crippen LogP contribution is 2.28. The predicted octanol–water partition coefficient (Wildman–Crippen LogP) is 3.17. The molecule has 0 heterocycles. The van der Waals surface area contributed by atoms with E-state index in [0.29, 0.717) is 11.3 Å². The number of carbonyl (C=O) groups is 2. The Balaban J connectivity index is 1.94. The van der Waals surface area contributed by atoms with Crippen LogP contribution in [0.4, 0.5) is 11.4 Å². The number of rotatable bonds is 8. The van der Waals surface area contributed by atoms with E-state index in [2.05, 4.69) is 10.0 Å². The molecule has 0 bridgehead atoms. The minimum Gasteiger partial charge on any atom is -0.497 e. The number of nitrogens with one attached hydrogen (secondary N) is 2. The summed E-state index contributed by atoms with van der Waals surface area (Å²) < 4.78 is 38.0. The van der Waals surface area contributed by atoms with Gasteiger partial charge in [-0.15, -0.1) is 0 Å². The standard InChI is InChI=1S/C23H21N3O6S2/c1-31-17-8-10-18(11-9-17)34(29,30)26-19-12-7-16(23(28)32-2)13-20(19)25-22(27)15-5-3-14(4-6-15)21(24)33/h3-13,26H,1-2H3,(H2,24,33)(H,25,27). The number of nitrogens with two attached hydrogens (primary N) is 1. The number of hydrogen-bond donors (Lipinski definition) is 3. The average Bonchev–Trinajstić information content (AvgIpc) is 2.84. The lowest BCUT2D eigenvalue weighted by molar-refractivity contribution is 0.0600. The summed E-state index contributed by atoms with van der Waals surface area (Å²) in [4.78, 5) is 25.0. The summed E-state index contributed by atoms with van der Waals surface area (Å²) in [6.07, 6.45) is 0. The van der Waals surface area contributed by atoms with Gasteiger partial charge in [0.15, 0.2) is 0 Å². The van der Waals surface area contributed by atoms with Crippen LogP contribution in [0.25, 0.3) is 0 Å². The lowest BCUT2D eigenvalue weighted by atomic mass is 10.1. The quantitative estimate of drug-likeness (QED) is 0.318. The molecule has 0 unspecified atom stereocenters. The second-order valence-corrected chi connectivity index (χ2v) is 9.05. The average molecular weight is 500 g/mol. The van der Waals surface area contributed by atoms with Crippen LogP contribution in [-0.4, -0.2) is 39.5 Å². The smallest absolute Gasteiger partial charge is 0.337 e. The van der Waals surface area contributed by atoms with Crippen molar-refractivity contribution in [1.29, 1.82) is 0 Å². The Bertz CT molecular complexity index is 1340. The van der Waals surface area contributed by atoms with E-state index < -0.39 is 21.9 Å². The Labute approximate surface area is 201 Å². The summed E-state index contributed by atoms with van der Waals surface area (Å²) in [6, 6.07) is 16.1. The molecule has 0 aliphatic carbocycles. The minimum absolute atomic E-state index is 0.0176. The number of esters is 1. The van der Waals surface area contributed by atoms with Gasteiger partial charge in [-0.3, -0.25) is 9.52 Å². The van der Waals surface area contributed by atoms with Crippen molar-refractivity contribution in [2.45, 2.75) is 4.90 Å². The summed E-state index contributed by atoms with van der Waals surface area (Å²) in [7, 11) is -1.33. The topological polar surface area (TPSA) is 137 Å². The molecule has 3 rings (SSSR count). The van der Waals surface area contributed by atoms with Gasteiger partial charge < -0.3 is 20.5 Å². The van der Waals surface area contributed by atoms with E-state index >= 15 is 0 Å². The zero-order valence-corrected chi connectivity index (χ0v) is 19.8. The Morgan fingerprint density at radius 1 is 0.853 bits per heavy atom.